The van der Waals surface area contributed by atoms with Crippen LogP contribution in [0.3, 0.4) is 0 Å². The van der Waals surface area contributed by atoms with Crippen molar-refractivity contribution in [3.8, 4) is 5.75 Å². The van der Waals surface area contributed by atoms with Crippen LogP contribution in [0.5, 0.6) is 5.75 Å². The number of rotatable bonds is 4. The highest BCUT2D eigenvalue weighted by molar-refractivity contribution is 5.31. The van der Waals surface area contributed by atoms with E-state index in [-0.39, 0.29) is 0 Å². The lowest BCUT2D eigenvalue weighted by Gasteiger charge is -2.39. The van der Waals surface area contributed by atoms with Crippen molar-refractivity contribution in [3.63, 3.8) is 0 Å². The summed E-state index contributed by atoms with van der Waals surface area (Å²) in [6.07, 6.45) is 1.82. The molecule has 0 bridgehead atoms. The van der Waals surface area contributed by atoms with Crippen LogP contribution >= 0.6 is 0 Å². The molecule has 3 nitrogen and oxygen atoms in total. The highest BCUT2D eigenvalue weighted by atomic mass is 16.5. The Morgan fingerprint density at radius 2 is 1.82 bits per heavy atom. The van der Waals surface area contributed by atoms with Gasteiger partial charge in [0.2, 0.25) is 0 Å². The Morgan fingerprint density at radius 3 is 2.50 bits per heavy atom. The van der Waals surface area contributed by atoms with Crippen LogP contribution in [0.2, 0.25) is 0 Å². The first kappa shape index (κ1) is 15.1. The van der Waals surface area contributed by atoms with Crippen LogP contribution in [0.4, 0.5) is 0 Å². The largest absolute Gasteiger partial charge is 0.497 e. The monoisotopic (exact) mass is 297 g/mol. The summed E-state index contributed by atoms with van der Waals surface area (Å²) in [4.78, 5) is 2.34. The zero-order valence-electron chi connectivity index (χ0n) is 13.0. The maximum Gasteiger partial charge on any atom is 0.118 e. The number of piperidine rings is 1. The van der Waals surface area contributed by atoms with Gasteiger partial charge in [-0.3, -0.25) is 4.90 Å². The number of nitrogens with zero attached hydrogens (tertiary/aromatic N) is 1. The second-order valence-corrected chi connectivity index (χ2v) is 6.06. The number of β-amino-alcohol motifs (C(OH)–C–C–N with tert-alkyl or cyclic N) is 1. The Morgan fingerprint density at radius 1 is 1.09 bits per heavy atom. The third-order valence-electron chi connectivity index (χ3n) is 4.43. The average molecular weight is 297 g/mol. The Kier molecular flexibility index (Phi) is 4.46. The first-order valence-corrected chi connectivity index (χ1v) is 7.83. The summed E-state index contributed by atoms with van der Waals surface area (Å²) in [6, 6.07) is 18.2. The van der Waals surface area contributed by atoms with Gasteiger partial charge in [0.25, 0.3) is 0 Å². The molecule has 3 heteroatoms. The van der Waals surface area contributed by atoms with Crippen molar-refractivity contribution in [2.24, 2.45) is 0 Å². The Hall–Kier alpha value is -1.84. The van der Waals surface area contributed by atoms with Crippen molar-refractivity contribution < 1.29 is 9.84 Å². The third kappa shape index (κ3) is 3.32. The molecule has 1 aliphatic rings. The van der Waals surface area contributed by atoms with Gasteiger partial charge in [-0.05, 0) is 42.6 Å². The smallest absolute Gasteiger partial charge is 0.118 e. The summed E-state index contributed by atoms with van der Waals surface area (Å²) in [7, 11) is 1.66. The predicted molar refractivity (Wildman–Crippen MR) is 87.8 cm³/mol. The fourth-order valence-electron chi connectivity index (χ4n) is 3.24. The van der Waals surface area contributed by atoms with Crippen molar-refractivity contribution in [3.05, 3.63) is 65.7 Å². The first-order chi connectivity index (χ1) is 10.7. The van der Waals surface area contributed by atoms with E-state index in [9.17, 15) is 5.11 Å². The molecule has 0 saturated carbocycles. The first-order valence-electron chi connectivity index (χ1n) is 7.83. The summed E-state index contributed by atoms with van der Waals surface area (Å²) in [5, 5.41) is 11.1. The molecular formula is C19H23NO2. The molecule has 2 aromatic rings. The SMILES string of the molecule is COc1ccc(C2(O)CCCN(Cc3ccccc3)C2)cc1. The summed E-state index contributed by atoms with van der Waals surface area (Å²) in [5.41, 5.74) is 1.51. The van der Waals surface area contributed by atoms with Crippen LogP contribution in [-0.2, 0) is 12.1 Å². The molecule has 0 spiro atoms. The standard InChI is InChI=1S/C19H23NO2/c1-22-18-10-8-17(9-11-18)19(21)12-5-13-20(15-19)14-16-6-3-2-4-7-16/h2-4,6-11,21H,5,12-15H2,1H3. The van der Waals surface area contributed by atoms with E-state index in [0.29, 0.717) is 6.54 Å². The molecule has 116 valence electrons. The second-order valence-electron chi connectivity index (χ2n) is 6.06. The predicted octanol–water partition coefficient (Wildman–Crippen LogP) is 3.18. The van der Waals surface area contributed by atoms with Gasteiger partial charge in [0.1, 0.15) is 11.4 Å². The van der Waals surface area contributed by atoms with Crippen molar-refractivity contribution in [2.45, 2.75) is 25.0 Å². The zero-order chi connectivity index (χ0) is 15.4. The maximum absolute atomic E-state index is 11.1. The van der Waals surface area contributed by atoms with Gasteiger partial charge in [0, 0.05) is 13.1 Å². The molecule has 2 aromatic carbocycles. The molecule has 0 radical (unpaired) electrons. The second kappa shape index (κ2) is 6.51. The highest BCUT2D eigenvalue weighted by Gasteiger charge is 2.34. The van der Waals surface area contributed by atoms with Gasteiger partial charge in [0.15, 0.2) is 0 Å². The van der Waals surface area contributed by atoms with Gasteiger partial charge in [0.05, 0.1) is 7.11 Å². The molecular weight excluding hydrogens is 274 g/mol. The summed E-state index contributed by atoms with van der Waals surface area (Å²) in [5.74, 6) is 0.823. The molecule has 0 aliphatic carbocycles. The molecule has 1 heterocycles. The van der Waals surface area contributed by atoms with Gasteiger partial charge < -0.3 is 9.84 Å². The molecule has 0 aromatic heterocycles. The van der Waals surface area contributed by atoms with E-state index in [4.69, 9.17) is 4.74 Å². The molecule has 1 N–H and O–H groups in total. The number of likely N-dealkylation sites (tertiary alicyclic amines) is 1. The van der Waals surface area contributed by atoms with Gasteiger partial charge in [-0.15, -0.1) is 0 Å². The number of aliphatic hydroxyl groups is 1. The summed E-state index contributed by atoms with van der Waals surface area (Å²) < 4.78 is 5.20. The number of ether oxygens (including phenoxy) is 1. The molecule has 1 fully saturated rings. The molecule has 1 unspecified atom stereocenters. The van der Waals surface area contributed by atoms with E-state index in [1.807, 2.05) is 30.3 Å². The minimum absolute atomic E-state index is 0.675. The lowest BCUT2D eigenvalue weighted by atomic mass is 9.85. The topological polar surface area (TPSA) is 32.7 Å². The minimum atomic E-state index is -0.765. The fourth-order valence-corrected chi connectivity index (χ4v) is 3.24. The Balaban J connectivity index is 1.73. The van der Waals surface area contributed by atoms with Gasteiger partial charge in [-0.2, -0.15) is 0 Å². The van der Waals surface area contributed by atoms with E-state index < -0.39 is 5.60 Å². The van der Waals surface area contributed by atoms with E-state index >= 15 is 0 Å². The summed E-state index contributed by atoms with van der Waals surface area (Å²) in [6.45, 7) is 2.60. The molecule has 1 aliphatic heterocycles. The minimum Gasteiger partial charge on any atom is -0.497 e. The van der Waals surface area contributed by atoms with E-state index in [0.717, 1.165) is 37.2 Å². The summed E-state index contributed by atoms with van der Waals surface area (Å²) >= 11 is 0. The Labute approximate surface area is 132 Å². The van der Waals surface area contributed by atoms with Crippen LogP contribution in [0.15, 0.2) is 54.6 Å². The Bertz CT molecular complexity index is 597. The lowest BCUT2D eigenvalue weighted by molar-refractivity contribution is -0.0381. The van der Waals surface area contributed by atoms with Crippen molar-refractivity contribution in [1.82, 2.24) is 4.90 Å². The van der Waals surface area contributed by atoms with Crippen LogP contribution in [0, 0.1) is 0 Å². The fraction of sp³-hybridized carbons (Fsp3) is 0.368. The lowest BCUT2D eigenvalue weighted by Crippen LogP contribution is -2.45. The molecule has 22 heavy (non-hydrogen) atoms. The number of hydrogen-bond donors (Lipinski definition) is 1. The van der Waals surface area contributed by atoms with Crippen LogP contribution in [0.25, 0.3) is 0 Å². The molecule has 1 atom stereocenters. The van der Waals surface area contributed by atoms with Crippen molar-refractivity contribution in [2.75, 3.05) is 20.2 Å². The van der Waals surface area contributed by atoms with E-state index in [2.05, 4.69) is 29.2 Å². The molecule has 0 amide bonds. The van der Waals surface area contributed by atoms with Crippen LogP contribution < -0.4 is 4.74 Å². The molecule has 1 saturated heterocycles. The van der Waals surface area contributed by atoms with Gasteiger partial charge >= 0.3 is 0 Å². The quantitative estimate of drug-likeness (QED) is 0.941. The number of hydrogen-bond acceptors (Lipinski definition) is 3. The van der Waals surface area contributed by atoms with E-state index in [1.165, 1.54) is 5.56 Å². The number of methoxy groups -OCH3 is 1. The van der Waals surface area contributed by atoms with Gasteiger partial charge in [-0.25, -0.2) is 0 Å². The van der Waals surface area contributed by atoms with Crippen molar-refractivity contribution >= 4 is 0 Å². The zero-order valence-corrected chi connectivity index (χ0v) is 13.0. The maximum atomic E-state index is 11.1. The molecule has 3 rings (SSSR count). The van der Waals surface area contributed by atoms with Crippen LogP contribution in [0.1, 0.15) is 24.0 Å². The van der Waals surface area contributed by atoms with Crippen molar-refractivity contribution in [1.29, 1.82) is 0 Å². The number of benzene rings is 2. The highest BCUT2D eigenvalue weighted by Crippen LogP contribution is 2.33. The van der Waals surface area contributed by atoms with Gasteiger partial charge in [-0.1, -0.05) is 42.5 Å². The van der Waals surface area contributed by atoms with Crippen LogP contribution in [-0.4, -0.2) is 30.2 Å². The third-order valence-corrected chi connectivity index (χ3v) is 4.43. The average Bonchev–Trinajstić information content (AvgIpc) is 2.56. The normalized spacial score (nSPS) is 22.5. The van der Waals surface area contributed by atoms with E-state index in [1.54, 1.807) is 7.11 Å².